The molecule has 0 atom stereocenters. The van der Waals surface area contributed by atoms with Crippen LogP contribution in [0.25, 0.3) is 0 Å². The fourth-order valence-electron chi connectivity index (χ4n) is 2.76. The van der Waals surface area contributed by atoms with E-state index in [0.29, 0.717) is 24.4 Å². The maximum Gasteiger partial charge on any atom is 0.226 e. The van der Waals surface area contributed by atoms with Gasteiger partial charge in [-0.15, -0.1) is 11.3 Å². The zero-order valence-corrected chi connectivity index (χ0v) is 16.5. The lowest BCUT2D eigenvalue weighted by Gasteiger charge is -2.04. The normalized spacial score (nSPS) is 10.9. The van der Waals surface area contributed by atoms with E-state index in [-0.39, 0.29) is 5.91 Å². The number of aromatic nitrogens is 2. The molecule has 0 unspecified atom stereocenters. The first-order valence-corrected chi connectivity index (χ1v) is 9.53. The van der Waals surface area contributed by atoms with Crippen LogP contribution in [0.4, 0.5) is 5.13 Å². The van der Waals surface area contributed by atoms with E-state index in [1.54, 1.807) is 6.20 Å². The lowest BCUT2D eigenvalue weighted by Crippen LogP contribution is -2.12. The van der Waals surface area contributed by atoms with E-state index in [1.165, 1.54) is 11.3 Å². The van der Waals surface area contributed by atoms with Crippen molar-refractivity contribution in [3.05, 3.63) is 62.4 Å². The number of anilines is 1. The van der Waals surface area contributed by atoms with E-state index in [1.807, 2.05) is 39.0 Å². The van der Waals surface area contributed by atoms with Gasteiger partial charge in [0.15, 0.2) is 5.13 Å². The van der Waals surface area contributed by atoms with Gasteiger partial charge in [-0.25, -0.2) is 4.98 Å². The van der Waals surface area contributed by atoms with Crippen LogP contribution in [-0.2, 0) is 17.6 Å². The number of thiazole rings is 1. The number of carbonyl (C=O) groups is 1. The Hall–Kier alpha value is -2.18. The summed E-state index contributed by atoms with van der Waals surface area (Å²) in [5.74, 6) is 0.696. The second kappa shape index (κ2) is 8.01. The van der Waals surface area contributed by atoms with Crippen molar-refractivity contribution in [2.45, 2.75) is 40.0 Å². The van der Waals surface area contributed by atoms with Crippen molar-refractivity contribution in [1.29, 1.82) is 0 Å². The van der Waals surface area contributed by atoms with Crippen LogP contribution < -0.4 is 5.32 Å². The quantitative estimate of drug-likeness (QED) is 0.652. The molecule has 0 aliphatic rings. The van der Waals surface area contributed by atoms with Crippen molar-refractivity contribution in [3.63, 3.8) is 0 Å². The molecule has 0 radical (unpaired) electrons. The van der Waals surface area contributed by atoms with Crippen LogP contribution in [0.2, 0.25) is 5.02 Å². The van der Waals surface area contributed by atoms with Crippen LogP contribution >= 0.6 is 22.9 Å². The molecule has 1 amide bonds. The fourth-order valence-corrected chi connectivity index (χ4v) is 3.80. The Bertz CT molecular complexity index is 913. The average molecular weight is 390 g/mol. The maximum atomic E-state index is 12.2. The summed E-state index contributed by atoms with van der Waals surface area (Å²) in [7, 11) is 0. The molecule has 2 heterocycles. The van der Waals surface area contributed by atoms with Gasteiger partial charge in [0.1, 0.15) is 5.76 Å². The molecule has 136 valence electrons. The molecular weight excluding hydrogens is 370 g/mol. The van der Waals surface area contributed by atoms with E-state index in [0.717, 1.165) is 38.0 Å². The van der Waals surface area contributed by atoms with Gasteiger partial charge in [0.2, 0.25) is 5.91 Å². The molecule has 0 spiro atoms. The summed E-state index contributed by atoms with van der Waals surface area (Å²) in [4.78, 5) is 17.5. The lowest BCUT2D eigenvalue weighted by molar-refractivity contribution is -0.116. The lowest BCUT2D eigenvalue weighted by atomic mass is 10.1. The standard InChI is InChI=1S/C19H20ClN3O2S/c1-11-5-4-6-14(18(11)20)9-15-10-21-19(26-15)22-17(24)8-7-16-12(2)23-25-13(16)3/h4-6,10H,7-9H2,1-3H3,(H,21,22,24). The van der Waals surface area contributed by atoms with Gasteiger partial charge in [-0.05, 0) is 38.3 Å². The number of amides is 1. The highest BCUT2D eigenvalue weighted by molar-refractivity contribution is 7.15. The van der Waals surface area contributed by atoms with E-state index < -0.39 is 0 Å². The fraction of sp³-hybridized carbons (Fsp3) is 0.316. The highest BCUT2D eigenvalue weighted by atomic mass is 35.5. The van der Waals surface area contributed by atoms with Gasteiger partial charge >= 0.3 is 0 Å². The first kappa shape index (κ1) is 18.6. The van der Waals surface area contributed by atoms with Crippen molar-refractivity contribution in [2.75, 3.05) is 5.32 Å². The Morgan fingerprint density at radius 3 is 2.85 bits per heavy atom. The molecule has 0 aliphatic carbocycles. The van der Waals surface area contributed by atoms with E-state index in [4.69, 9.17) is 16.1 Å². The van der Waals surface area contributed by atoms with Gasteiger partial charge in [-0.1, -0.05) is 35.0 Å². The number of nitrogens with one attached hydrogen (secondary N) is 1. The van der Waals surface area contributed by atoms with E-state index in [2.05, 4.69) is 15.5 Å². The second-order valence-corrected chi connectivity index (χ2v) is 7.70. The summed E-state index contributed by atoms with van der Waals surface area (Å²) in [6, 6.07) is 6.00. The SMILES string of the molecule is Cc1cccc(Cc2cnc(NC(=O)CCc3c(C)noc3C)s2)c1Cl. The third-order valence-corrected chi connectivity index (χ3v) is 5.67. The number of halogens is 1. The number of benzene rings is 1. The molecule has 3 aromatic rings. The molecule has 0 saturated carbocycles. The largest absolute Gasteiger partial charge is 0.361 e. The molecule has 0 aliphatic heterocycles. The van der Waals surface area contributed by atoms with Gasteiger partial charge in [0.05, 0.1) is 5.69 Å². The Balaban J connectivity index is 1.58. The monoisotopic (exact) mass is 389 g/mol. The van der Waals surface area contributed by atoms with Crippen molar-refractivity contribution in [1.82, 2.24) is 10.1 Å². The predicted molar refractivity (Wildman–Crippen MR) is 104 cm³/mol. The van der Waals surface area contributed by atoms with Gasteiger partial charge in [0.25, 0.3) is 0 Å². The molecule has 0 fully saturated rings. The highest BCUT2D eigenvalue weighted by Crippen LogP contribution is 2.27. The van der Waals surface area contributed by atoms with Gasteiger partial charge in [-0.2, -0.15) is 0 Å². The zero-order chi connectivity index (χ0) is 18.7. The number of aryl methyl sites for hydroxylation is 3. The Morgan fingerprint density at radius 1 is 1.31 bits per heavy atom. The molecule has 1 aromatic carbocycles. The molecule has 7 heteroatoms. The summed E-state index contributed by atoms with van der Waals surface area (Å²) in [5, 5.41) is 8.15. The topological polar surface area (TPSA) is 68.0 Å². The number of carbonyl (C=O) groups excluding carboxylic acids is 1. The van der Waals surface area contributed by atoms with Gasteiger partial charge in [0, 0.05) is 34.5 Å². The molecule has 0 bridgehead atoms. The van der Waals surface area contributed by atoms with Crippen LogP contribution in [0.15, 0.2) is 28.9 Å². The van der Waals surface area contributed by atoms with Crippen LogP contribution in [0, 0.1) is 20.8 Å². The predicted octanol–water partition coefficient (Wildman–Crippen LogP) is 4.87. The minimum Gasteiger partial charge on any atom is -0.361 e. The molecule has 26 heavy (non-hydrogen) atoms. The molecule has 1 N–H and O–H groups in total. The van der Waals surface area contributed by atoms with Crippen LogP contribution in [0.5, 0.6) is 0 Å². The Kier molecular flexibility index (Phi) is 5.74. The van der Waals surface area contributed by atoms with Crippen molar-refractivity contribution in [2.24, 2.45) is 0 Å². The number of nitrogens with zero attached hydrogens (tertiary/aromatic N) is 2. The van der Waals surface area contributed by atoms with E-state index in [9.17, 15) is 4.79 Å². The summed E-state index contributed by atoms with van der Waals surface area (Å²) in [6.45, 7) is 5.73. The van der Waals surface area contributed by atoms with Crippen molar-refractivity contribution >= 4 is 34.0 Å². The summed E-state index contributed by atoms with van der Waals surface area (Å²) < 4.78 is 5.12. The number of hydrogen-bond acceptors (Lipinski definition) is 5. The van der Waals surface area contributed by atoms with Gasteiger partial charge < -0.3 is 9.84 Å². The molecule has 3 rings (SSSR count). The zero-order valence-electron chi connectivity index (χ0n) is 14.9. The van der Waals surface area contributed by atoms with Crippen LogP contribution in [0.1, 0.15) is 39.4 Å². The Morgan fingerprint density at radius 2 is 2.12 bits per heavy atom. The number of hydrogen-bond donors (Lipinski definition) is 1. The summed E-state index contributed by atoms with van der Waals surface area (Å²) in [6.07, 6.45) is 3.45. The highest BCUT2D eigenvalue weighted by Gasteiger charge is 2.13. The molecular formula is C19H20ClN3O2S. The second-order valence-electron chi connectivity index (χ2n) is 6.21. The smallest absolute Gasteiger partial charge is 0.226 e. The Labute approximate surface area is 161 Å². The van der Waals surface area contributed by atoms with E-state index >= 15 is 0 Å². The molecule has 0 saturated heterocycles. The first-order valence-electron chi connectivity index (χ1n) is 8.34. The molecule has 5 nitrogen and oxygen atoms in total. The summed E-state index contributed by atoms with van der Waals surface area (Å²) in [5.41, 5.74) is 3.95. The summed E-state index contributed by atoms with van der Waals surface area (Å²) >= 11 is 7.82. The van der Waals surface area contributed by atoms with Crippen molar-refractivity contribution < 1.29 is 9.32 Å². The van der Waals surface area contributed by atoms with Gasteiger partial charge in [-0.3, -0.25) is 4.79 Å². The van der Waals surface area contributed by atoms with Crippen molar-refractivity contribution in [3.8, 4) is 0 Å². The minimum atomic E-state index is -0.0699. The molecule has 2 aromatic heterocycles. The van der Waals surface area contributed by atoms with Crippen LogP contribution in [0.3, 0.4) is 0 Å². The third kappa shape index (κ3) is 4.31. The third-order valence-electron chi connectivity index (χ3n) is 4.22. The van der Waals surface area contributed by atoms with Crippen LogP contribution in [-0.4, -0.2) is 16.0 Å². The minimum absolute atomic E-state index is 0.0699. The first-order chi connectivity index (χ1) is 12.4. The number of rotatable bonds is 6. The average Bonchev–Trinajstić information content (AvgIpc) is 3.17. The maximum absolute atomic E-state index is 12.2.